The minimum atomic E-state index is -0.380. The number of nitrogens with zero attached hydrogens (tertiary/aromatic N) is 3. The Morgan fingerprint density at radius 2 is 2.17 bits per heavy atom. The highest BCUT2D eigenvalue weighted by Crippen LogP contribution is 2.14. The van der Waals surface area contributed by atoms with Crippen molar-refractivity contribution in [3.05, 3.63) is 30.1 Å². The summed E-state index contributed by atoms with van der Waals surface area (Å²) in [6.07, 6.45) is 0.842. The highest BCUT2D eigenvalue weighted by Gasteiger charge is 2.28. The normalized spacial score (nSPS) is 18.6. The summed E-state index contributed by atoms with van der Waals surface area (Å²) in [6, 6.07) is 7.58. The number of fused-ring (bicyclic) bond motifs is 1. The molecule has 1 atom stereocenters. The van der Waals surface area contributed by atoms with Gasteiger partial charge in [-0.1, -0.05) is 12.1 Å². The quantitative estimate of drug-likeness (QED) is 0.813. The molecule has 128 valence electrons. The monoisotopic (exact) mass is 329 g/mol. The molecular weight excluding hydrogens is 306 g/mol. The summed E-state index contributed by atoms with van der Waals surface area (Å²) in [4.78, 5) is 30.4. The molecule has 7 nitrogen and oxygen atoms in total. The Balaban J connectivity index is 1.53. The van der Waals surface area contributed by atoms with Gasteiger partial charge in [0, 0.05) is 33.1 Å². The molecule has 1 aliphatic rings. The highest BCUT2D eigenvalue weighted by molar-refractivity contribution is 5.88. The van der Waals surface area contributed by atoms with Gasteiger partial charge in [-0.25, -0.2) is 4.98 Å². The predicted octanol–water partition coefficient (Wildman–Crippen LogP) is 0.0523. The van der Waals surface area contributed by atoms with Crippen LogP contribution in [-0.2, 0) is 23.1 Å². The van der Waals surface area contributed by atoms with E-state index in [1.165, 1.54) is 0 Å². The van der Waals surface area contributed by atoms with E-state index in [1.54, 1.807) is 0 Å². The van der Waals surface area contributed by atoms with Gasteiger partial charge in [0.15, 0.2) is 0 Å². The van der Waals surface area contributed by atoms with E-state index < -0.39 is 0 Å². The summed E-state index contributed by atoms with van der Waals surface area (Å²) in [7, 11) is 3.85. The van der Waals surface area contributed by atoms with Gasteiger partial charge in [-0.15, -0.1) is 0 Å². The summed E-state index contributed by atoms with van der Waals surface area (Å²) in [5, 5.41) is 5.69. The fourth-order valence-corrected chi connectivity index (χ4v) is 3.06. The molecule has 0 radical (unpaired) electrons. The lowest BCUT2D eigenvalue weighted by Crippen LogP contribution is -2.55. The summed E-state index contributed by atoms with van der Waals surface area (Å²) in [5.74, 6) is 0.751. The lowest BCUT2D eigenvalue weighted by molar-refractivity contribution is -0.133. The molecule has 2 amide bonds. The fraction of sp³-hybridized carbons (Fsp3) is 0.471. The zero-order valence-corrected chi connectivity index (χ0v) is 14.1. The molecule has 3 rings (SSSR count). The topological polar surface area (TPSA) is 79.3 Å². The number of aryl methyl sites for hydroxylation is 1. The van der Waals surface area contributed by atoms with Crippen LogP contribution in [0.2, 0.25) is 0 Å². The number of rotatable bonds is 5. The van der Waals surface area contributed by atoms with Crippen LogP contribution in [0.25, 0.3) is 11.0 Å². The van der Waals surface area contributed by atoms with Crippen LogP contribution in [0.5, 0.6) is 0 Å². The van der Waals surface area contributed by atoms with Gasteiger partial charge in [0.25, 0.3) is 0 Å². The number of carbonyl (C=O) groups excluding carboxylic acids is 2. The third-order valence-corrected chi connectivity index (χ3v) is 4.53. The van der Waals surface area contributed by atoms with Gasteiger partial charge in [0.1, 0.15) is 5.82 Å². The van der Waals surface area contributed by atoms with Gasteiger partial charge >= 0.3 is 0 Å². The van der Waals surface area contributed by atoms with Crippen molar-refractivity contribution < 1.29 is 9.59 Å². The number of para-hydroxylation sites is 2. The predicted molar refractivity (Wildman–Crippen MR) is 91.5 cm³/mol. The summed E-state index contributed by atoms with van der Waals surface area (Å²) < 4.78 is 2.05. The van der Waals surface area contributed by atoms with Gasteiger partial charge in [0.2, 0.25) is 11.8 Å². The number of likely N-dealkylation sites (N-methyl/N-ethyl adjacent to an activating group) is 1. The number of hydrogen-bond donors (Lipinski definition) is 2. The van der Waals surface area contributed by atoms with E-state index in [-0.39, 0.29) is 24.3 Å². The number of benzene rings is 1. The average Bonchev–Trinajstić information content (AvgIpc) is 2.88. The fourth-order valence-electron chi connectivity index (χ4n) is 3.06. The molecule has 0 saturated carbocycles. The molecular formula is C17H23N5O2. The van der Waals surface area contributed by atoms with Crippen LogP contribution in [-0.4, -0.2) is 59.0 Å². The largest absolute Gasteiger partial charge is 0.356 e. The number of amides is 2. The number of imidazole rings is 1. The van der Waals surface area contributed by atoms with E-state index in [2.05, 4.69) is 15.6 Å². The molecule has 0 unspecified atom stereocenters. The smallest absolute Gasteiger partial charge is 0.237 e. The van der Waals surface area contributed by atoms with Crippen LogP contribution in [0, 0.1) is 0 Å². The zero-order chi connectivity index (χ0) is 17.1. The maximum absolute atomic E-state index is 12.1. The van der Waals surface area contributed by atoms with Gasteiger partial charge in [-0.2, -0.15) is 0 Å². The molecule has 1 fully saturated rings. The maximum atomic E-state index is 12.1. The molecule has 0 spiro atoms. The lowest BCUT2D eigenvalue weighted by atomic mass is 10.1. The Morgan fingerprint density at radius 3 is 2.92 bits per heavy atom. The van der Waals surface area contributed by atoms with Crippen LogP contribution in [0.15, 0.2) is 24.3 Å². The van der Waals surface area contributed by atoms with E-state index >= 15 is 0 Å². The number of aromatic nitrogens is 2. The Labute approximate surface area is 141 Å². The van der Waals surface area contributed by atoms with E-state index in [0.717, 1.165) is 23.4 Å². The Hall–Kier alpha value is -2.41. The van der Waals surface area contributed by atoms with E-state index in [4.69, 9.17) is 0 Å². The first-order valence-electron chi connectivity index (χ1n) is 8.21. The van der Waals surface area contributed by atoms with Gasteiger partial charge in [0.05, 0.1) is 23.5 Å². The molecule has 24 heavy (non-hydrogen) atoms. The molecule has 1 aromatic carbocycles. The minimum absolute atomic E-state index is 0.0748. The summed E-state index contributed by atoms with van der Waals surface area (Å²) >= 11 is 0. The summed E-state index contributed by atoms with van der Waals surface area (Å²) in [6.45, 7) is 1.91. The standard InChI is InChI=1S/C17H23N5O2/c1-21-10-9-19-17(24)14(21)11-16(23)18-8-7-15-20-12-5-3-4-6-13(12)22(15)2/h3-6,14H,7-11H2,1-2H3,(H,18,23)(H,19,24)/t14-/m1/s1. The van der Waals surface area contributed by atoms with E-state index in [1.807, 2.05) is 47.8 Å². The van der Waals surface area contributed by atoms with Crippen LogP contribution >= 0.6 is 0 Å². The molecule has 2 heterocycles. The van der Waals surface area contributed by atoms with E-state index in [9.17, 15) is 9.59 Å². The van der Waals surface area contributed by atoms with Crippen molar-refractivity contribution in [1.82, 2.24) is 25.1 Å². The Morgan fingerprint density at radius 1 is 1.38 bits per heavy atom. The number of hydrogen-bond acceptors (Lipinski definition) is 4. The van der Waals surface area contributed by atoms with Gasteiger partial charge in [-0.3, -0.25) is 14.5 Å². The second-order valence-corrected chi connectivity index (χ2v) is 6.17. The molecule has 7 heteroatoms. The highest BCUT2D eigenvalue weighted by atomic mass is 16.2. The molecule has 1 aliphatic heterocycles. The zero-order valence-electron chi connectivity index (χ0n) is 14.1. The molecule has 1 saturated heterocycles. The van der Waals surface area contributed by atoms with Crippen LogP contribution in [0.1, 0.15) is 12.2 Å². The van der Waals surface area contributed by atoms with Crippen LogP contribution in [0.3, 0.4) is 0 Å². The molecule has 2 N–H and O–H groups in total. The molecule has 2 aromatic rings. The third-order valence-electron chi connectivity index (χ3n) is 4.53. The third kappa shape index (κ3) is 3.41. The number of nitrogens with one attached hydrogen (secondary N) is 2. The van der Waals surface area contributed by atoms with Crippen molar-refractivity contribution >= 4 is 22.8 Å². The first-order valence-corrected chi connectivity index (χ1v) is 8.21. The van der Waals surface area contributed by atoms with Crippen molar-refractivity contribution in [3.8, 4) is 0 Å². The molecule has 0 aliphatic carbocycles. The van der Waals surface area contributed by atoms with Crippen molar-refractivity contribution in [2.45, 2.75) is 18.9 Å². The average molecular weight is 329 g/mol. The second-order valence-electron chi connectivity index (χ2n) is 6.17. The van der Waals surface area contributed by atoms with Gasteiger partial charge < -0.3 is 15.2 Å². The van der Waals surface area contributed by atoms with Crippen molar-refractivity contribution in [2.75, 3.05) is 26.7 Å². The van der Waals surface area contributed by atoms with E-state index in [0.29, 0.717) is 19.5 Å². The van der Waals surface area contributed by atoms with Crippen molar-refractivity contribution in [1.29, 1.82) is 0 Å². The summed E-state index contributed by atoms with van der Waals surface area (Å²) in [5.41, 5.74) is 2.04. The molecule has 1 aromatic heterocycles. The minimum Gasteiger partial charge on any atom is -0.356 e. The SMILES string of the molecule is CN1CCNC(=O)[C@H]1CC(=O)NCCc1nc2ccccc2n1C. The number of carbonyl (C=O) groups is 2. The number of piperazine rings is 1. The molecule has 0 bridgehead atoms. The van der Waals surface area contributed by atoms with Crippen molar-refractivity contribution in [2.24, 2.45) is 7.05 Å². The van der Waals surface area contributed by atoms with Crippen LogP contribution < -0.4 is 10.6 Å². The van der Waals surface area contributed by atoms with Gasteiger partial charge in [-0.05, 0) is 19.2 Å². The Bertz CT molecular complexity index is 755. The van der Waals surface area contributed by atoms with Crippen molar-refractivity contribution in [3.63, 3.8) is 0 Å². The van der Waals surface area contributed by atoms with Crippen LogP contribution in [0.4, 0.5) is 0 Å². The Kier molecular flexibility index (Phi) is 4.80. The lowest BCUT2D eigenvalue weighted by Gasteiger charge is -2.31. The second kappa shape index (κ2) is 7.00. The first kappa shape index (κ1) is 16.4. The maximum Gasteiger partial charge on any atom is 0.237 e. The first-order chi connectivity index (χ1) is 11.6.